The van der Waals surface area contributed by atoms with Gasteiger partial charge in [-0.15, -0.1) is 0 Å². The van der Waals surface area contributed by atoms with Crippen molar-refractivity contribution in [2.75, 3.05) is 13.4 Å². The molecule has 1 saturated carbocycles. The summed E-state index contributed by atoms with van der Waals surface area (Å²) in [6, 6.07) is 5.52. The minimum absolute atomic E-state index is 0.0393. The maximum atomic E-state index is 11.7. The van der Waals surface area contributed by atoms with Crippen molar-refractivity contribution in [2.24, 2.45) is 11.1 Å². The van der Waals surface area contributed by atoms with E-state index in [1.807, 2.05) is 12.1 Å². The normalized spacial score (nSPS) is 25.7. The molecule has 2 rings (SSSR count). The van der Waals surface area contributed by atoms with E-state index in [4.69, 9.17) is 10.5 Å². The maximum absolute atomic E-state index is 11.7. The van der Waals surface area contributed by atoms with E-state index in [0.29, 0.717) is 11.7 Å². The second kappa shape index (κ2) is 4.49. The molecular formula is C14H21NO3S. The monoisotopic (exact) mass is 283 g/mol. The van der Waals surface area contributed by atoms with Gasteiger partial charge in [-0.05, 0) is 35.4 Å². The molecule has 5 heteroatoms. The molecule has 19 heavy (non-hydrogen) atoms. The van der Waals surface area contributed by atoms with Crippen LogP contribution in [0.5, 0.6) is 5.75 Å². The van der Waals surface area contributed by atoms with Gasteiger partial charge in [0.05, 0.1) is 7.11 Å². The Bertz CT molecular complexity index is 593. The van der Waals surface area contributed by atoms with Crippen LogP contribution in [0.4, 0.5) is 0 Å². The molecule has 0 saturated heterocycles. The second-order valence-corrected chi connectivity index (χ2v) is 7.88. The highest BCUT2D eigenvalue weighted by molar-refractivity contribution is 7.90. The number of nitrogens with two attached hydrogens (primary N) is 1. The molecule has 0 spiro atoms. The molecule has 0 aromatic heterocycles. The lowest BCUT2D eigenvalue weighted by molar-refractivity contribution is 0.0982. The van der Waals surface area contributed by atoms with E-state index in [0.717, 1.165) is 12.0 Å². The van der Waals surface area contributed by atoms with Crippen LogP contribution in [0.1, 0.15) is 31.7 Å². The molecule has 1 aliphatic rings. The lowest BCUT2D eigenvalue weighted by Gasteiger charge is -2.50. The summed E-state index contributed by atoms with van der Waals surface area (Å²) in [5.41, 5.74) is 7.16. The first kappa shape index (κ1) is 14.3. The number of ether oxygens (including phenoxy) is 1. The fourth-order valence-electron chi connectivity index (χ4n) is 2.73. The van der Waals surface area contributed by atoms with E-state index in [-0.39, 0.29) is 16.4 Å². The third-order valence-electron chi connectivity index (χ3n) is 4.33. The smallest absolute Gasteiger partial charge is 0.179 e. The zero-order valence-electron chi connectivity index (χ0n) is 11.8. The molecule has 2 atom stereocenters. The van der Waals surface area contributed by atoms with E-state index in [1.165, 1.54) is 13.4 Å². The number of benzene rings is 1. The second-order valence-electron chi connectivity index (χ2n) is 5.90. The van der Waals surface area contributed by atoms with Crippen molar-refractivity contribution in [3.8, 4) is 5.75 Å². The predicted octanol–water partition coefficient (Wildman–Crippen LogP) is 1.94. The average Bonchev–Trinajstić information content (AvgIpc) is 2.33. The molecule has 0 amide bonds. The summed E-state index contributed by atoms with van der Waals surface area (Å²) < 4.78 is 28.5. The Hall–Kier alpha value is -1.07. The highest BCUT2D eigenvalue weighted by Crippen LogP contribution is 2.52. The van der Waals surface area contributed by atoms with Gasteiger partial charge < -0.3 is 10.5 Å². The number of rotatable bonds is 3. The molecule has 2 N–H and O–H groups in total. The van der Waals surface area contributed by atoms with Crippen LogP contribution < -0.4 is 10.5 Å². The number of sulfone groups is 1. The van der Waals surface area contributed by atoms with Gasteiger partial charge in [0.1, 0.15) is 10.6 Å². The third-order valence-corrected chi connectivity index (χ3v) is 5.47. The summed E-state index contributed by atoms with van der Waals surface area (Å²) in [5.74, 6) is 0.765. The van der Waals surface area contributed by atoms with E-state index in [9.17, 15) is 8.42 Å². The van der Waals surface area contributed by atoms with Crippen molar-refractivity contribution in [2.45, 2.75) is 37.1 Å². The third kappa shape index (κ3) is 2.37. The number of hydrogen-bond acceptors (Lipinski definition) is 4. The quantitative estimate of drug-likeness (QED) is 0.920. The van der Waals surface area contributed by atoms with Gasteiger partial charge in [-0.1, -0.05) is 19.9 Å². The van der Waals surface area contributed by atoms with Crippen LogP contribution in [0.2, 0.25) is 0 Å². The van der Waals surface area contributed by atoms with Crippen molar-refractivity contribution in [1.29, 1.82) is 0 Å². The largest absolute Gasteiger partial charge is 0.495 e. The van der Waals surface area contributed by atoms with E-state index in [2.05, 4.69) is 13.8 Å². The van der Waals surface area contributed by atoms with Crippen LogP contribution >= 0.6 is 0 Å². The molecule has 0 aliphatic heterocycles. The fourth-order valence-corrected chi connectivity index (χ4v) is 3.56. The molecule has 0 bridgehead atoms. The topological polar surface area (TPSA) is 69.4 Å². The van der Waals surface area contributed by atoms with Crippen molar-refractivity contribution in [3.05, 3.63) is 23.8 Å². The molecule has 1 aromatic rings. The number of hydrogen-bond donors (Lipinski definition) is 1. The van der Waals surface area contributed by atoms with E-state index < -0.39 is 9.84 Å². The number of methoxy groups -OCH3 is 1. The van der Waals surface area contributed by atoms with Gasteiger partial charge in [-0.2, -0.15) is 0 Å². The Morgan fingerprint density at radius 2 is 2.00 bits per heavy atom. The summed E-state index contributed by atoms with van der Waals surface area (Å²) >= 11 is 0. The first-order valence-corrected chi connectivity index (χ1v) is 8.20. The summed E-state index contributed by atoms with van der Waals surface area (Å²) in [5, 5.41) is 0. The van der Waals surface area contributed by atoms with Crippen LogP contribution in [0.3, 0.4) is 0 Å². The van der Waals surface area contributed by atoms with E-state index >= 15 is 0 Å². The molecule has 106 valence electrons. The molecule has 1 fully saturated rings. The predicted molar refractivity (Wildman–Crippen MR) is 75.2 cm³/mol. The highest BCUT2D eigenvalue weighted by Gasteiger charge is 2.46. The van der Waals surface area contributed by atoms with Gasteiger partial charge in [0.2, 0.25) is 0 Å². The first-order valence-electron chi connectivity index (χ1n) is 6.31. The SMILES string of the molecule is COc1cc(C2CC(N)C2(C)C)ccc1S(C)(=O)=O. The standard InChI is InChI=1S/C14H21NO3S/c1-14(2)10(8-13(14)15)9-5-6-12(19(4,16)17)11(7-9)18-3/h5-7,10,13H,8,15H2,1-4H3. The molecule has 1 aromatic carbocycles. The zero-order valence-corrected chi connectivity index (χ0v) is 12.6. The maximum Gasteiger partial charge on any atom is 0.179 e. The highest BCUT2D eigenvalue weighted by atomic mass is 32.2. The zero-order chi connectivity index (χ0) is 14.4. The minimum Gasteiger partial charge on any atom is -0.495 e. The van der Waals surface area contributed by atoms with Crippen molar-refractivity contribution >= 4 is 9.84 Å². The Kier molecular flexibility index (Phi) is 3.39. The fraction of sp³-hybridized carbons (Fsp3) is 0.571. The van der Waals surface area contributed by atoms with Gasteiger partial charge in [0.25, 0.3) is 0 Å². The van der Waals surface area contributed by atoms with Crippen LogP contribution in [0, 0.1) is 5.41 Å². The Balaban J connectivity index is 2.42. The van der Waals surface area contributed by atoms with Crippen LogP contribution in [0.15, 0.2) is 23.1 Å². The Labute approximate surface area is 114 Å². The summed E-state index contributed by atoms with van der Waals surface area (Å²) in [6.07, 6.45) is 2.11. The molecular weight excluding hydrogens is 262 g/mol. The van der Waals surface area contributed by atoms with Gasteiger partial charge in [0.15, 0.2) is 9.84 Å². The lowest BCUT2D eigenvalue weighted by atomic mass is 9.57. The van der Waals surface area contributed by atoms with Crippen molar-refractivity contribution in [1.82, 2.24) is 0 Å². The van der Waals surface area contributed by atoms with E-state index in [1.54, 1.807) is 6.07 Å². The summed E-state index contributed by atoms with van der Waals surface area (Å²) in [4.78, 5) is 0.236. The van der Waals surface area contributed by atoms with Gasteiger partial charge >= 0.3 is 0 Å². The molecule has 4 nitrogen and oxygen atoms in total. The van der Waals surface area contributed by atoms with Crippen LogP contribution in [0.25, 0.3) is 0 Å². The van der Waals surface area contributed by atoms with Gasteiger partial charge in [-0.3, -0.25) is 0 Å². The molecule has 0 heterocycles. The Morgan fingerprint density at radius 3 is 2.42 bits per heavy atom. The van der Waals surface area contributed by atoms with Gasteiger partial charge in [-0.25, -0.2) is 8.42 Å². The lowest BCUT2D eigenvalue weighted by Crippen LogP contribution is -2.52. The Morgan fingerprint density at radius 1 is 1.37 bits per heavy atom. The summed E-state index contributed by atoms with van der Waals surface area (Å²) in [6.45, 7) is 4.28. The molecule has 0 radical (unpaired) electrons. The average molecular weight is 283 g/mol. The molecule has 2 unspecified atom stereocenters. The van der Waals surface area contributed by atoms with Crippen LogP contribution in [-0.4, -0.2) is 27.8 Å². The molecule has 1 aliphatic carbocycles. The van der Waals surface area contributed by atoms with Crippen molar-refractivity contribution in [3.63, 3.8) is 0 Å². The van der Waals surface area contributed by atoms with Crippen LogP contribution in [-0.2, 0) is 9.84 Å². The first-order chi connectivity index (χ1) is 8.67. The minimum atomic E-state index is -3.27. The van der Waals surface area contributed by atoms with Crippen molar-refractivity contribution < 1.29 is 13.2 Å². The van der Waals surface area contributed by atoms with Gasteiger partial charge in [0, 0.05) is 12.3 Å². The summed E-state index contributed by atoms with van der Waals surface area (Å²) in [7, 11) is -1.77.